The van der Waals surface area contributed by atoms with Crippen molar-refractivity contribution >= 4 is 17.3 Å². The van der Waals surface area contributed by atoms with Gasteiger partial charge in [-0.2, -0.15) is 5.10 Å². The summed E-state index contributed by atoms with van der Waals surface area (Å²) in [6, 6.07) is 14.1. The van der Waals surface area contributed by atoms with Crippen LogP contribution in [0.4, 0.5) is 0 Å². The van der Waals surface area contributed by atoms with Crippen LogP contribution >= 0.6 is 11.6 Å². The Hall–Kier alpha value is -2.20. The fourth-order valence-electron chi connectivity index (χ4n) is 3.57. The lowest BCUT2D eigenvalue weighted by molar-refractivity contribution is -0.109. The first-order valence-electron chi connectivity index (χ1n) is 8.54. The number of ether oxygens (including phenoxy) is 2. The summed E-state index contributed by atoms with van der Waals surface area (Å²) < 4.78 is 11.9. The van der Waals surface area contributed by atoms with Gasteiger partial charge in [-0.3, -0.25) is 0 Å². The van der Waals surface area contributed by atoms with E-state index in [1.54, 1.807) is 7.11 Å². The third kappa shape index (κ3) is 2.56. The predicted octanol–water partition coefficient (Wildman–Crippen LogP) is 5.02. The summed E-state index contributed by atoms with van der Waals surface area (Å²) in [5.41, 5.74) is 2.78. The highest BCUT2D eigenvalue weighted by molar-refractivity contribution is 6.30. The second-order valence-electron chi connectivity index (χ2n) is 6.63. The maximum Gasteiger partial charge on any atom is 0.195 e. The van der Waals surface area contributed by atoms with E-state index in [1.807, 2.05) is 36.4 Å². The van der Waals surface area contributed by atoms with Crippen molar-refractivity contribution in [1.82, 2.24) is 5.01 Å². The van der Waals surface area contributed by atoms with Gasteiger partial charge < -0.3 is 9.47 Å². The van der Waals surface area contributed by atoms with Crippen LogP contribution < -0.4 is 9.47 Å². The van der Waals surface area contributed by atoms with Crippen molar-refractivity contribution in [3.8, 4) is 11.5 Å². The molecule has 0 amide bonds. The van der Waals surface area contributed by atoms with E-state index in [9.17, 15) is 0 Å². The molecule has 2 aliphatic rings. The first kappa shape index (κ1) is 16.3. The highest BCUT2D eigenvalue weighted by atomic mass is 35.5. The van der Waals surface area contributed by atoms with Crippen molar-refractivity contribution in [3.05, 3.63) is 58.6 Å². The van der Waals surface area contributed by atoms with Crippen LogP contribution in [0, 0.1) is 0 Å². The van der Waals surface area contributed by atoms with Crippen LogP contribution in [0.5, 0.6) is 11.5 Å². The normalized spacial score (nSPS) is 24.2. The van der Waals surface area contributed by atoms with E-state index in [2.05, 4.69) is 24.9 Å². The SMILES string of the molecule is CC[C@@]1(C)Oc2c(OC)cccc2[C@H]2CC(c3ccc(Cl)cc3)=NN21. The van der Waals surface area contributed by atoms with Gasteiger partial charge in [0, 0.05) is 23.4 Å². The molecule has 0 radical (unpaired) electrons. The topological polar surface area (TPSA) is 34.1 Å². The Bertz CT molecular complexity index is 834. The molecule has 2 aromatic carbocycles. The lowest BCUT2D eigenvalue weighted by atomic mass is 9.94. The summed E-state index contributed by atoms with van der Waals surface area (Å²) in [7, 11) is 1.68. The van der Waals surface area contributed by atoms with Gasteiger partial charge in [-0.25, -0.2) is 5.01 Å². The zero-order valence-electron chi connectivity index (χ0n) is 14.6. The van der Waals surface area contributed by atoms with Gasteiger partial charge in [0.15, 0.2) is 17.2 Å². The molecule has 0 bridgehead atoms. The molecule has 0 fully saturated rings. The van der Waals surface area contributed by atoms with Gasteiger partial charge in [0.25, 0.3) is 0 Å². The number of para-hydroxylation sites is 1. The second-order valence-corrected chi connectivity index (χ2v) is 7.06. The zero-order chi connectivity index (χ0) is 17.6. The molecule has 0 saturated heterocycles. The number of rotatable bonds is 3. The molecule has 0 aromatic heterocycles. The van der Waals surface area contributed by atoms with E-state index in [0.29, 0.717) is 0 Å². The fourth-order valence-corrected chi connectivity index (χ4v) is 3.70. The van der Waals surface area contributed by atoms with Gasteiger partial charge in [-0.1, -0.05) is 42.8 Å². The van der Waals surface area contributed by atoms with Crippen molar-refractivity contribution in [2.75, 3.05) is 7.11 Å². The quantitative estimate of drug-likeness (QED) is 0.774. The minimum atomic E-state index is -0.500. The summed E-state index contributed by atoms with van der Waals surface area (Å²) in [6.07, 6.45) is 1.65. The second kappa shape index (κ2) is 5.95. The molecule has 4 nitrogen and oxygen atoms in total. The first-order chi connectivity index (χ1) is 12.1. The van der Waals surface area contributed by atoms with Crippen molar-refractivity contribution in [2.45, 2.75) is 38.5 Å². The predicted molar refractivity (Wildman–Crippen MR) is 99.5 cm³/mol. The Labute approximate surface area is 153 Å². The van der Waals surface area contributed by atoms with Gasteiger partial charge >= 0.3 is 0 Å². The Morgan fingerprint density at radius 2 is 2.04 bits per heavy atom. The number of benzene rings is 2. The standard InChI is InChI=1S/C20H21ClN2O2/c1-4-20(2)23-17(15-6-5-7-18(24-3)19(15)25-20)12-16(22-23)13-8-10-14(21)11-9-13/h5-11,17H,4,12H2,1-3H3/t17-,20-/m1/s1. The molecule has 130 valence electrons. The molecule has 2 aliphatic heterocycles. The molecule has 2 aromatic rings. The summed E-state index contributed by atoms with van der Waals surface area (Å²) in [6.45, 7) is 4.21. The lowest BCUT2D eigenvalue weighted by Crippen LogP contribution is -2.50. The Morgan fingerprint density at radius 3 is 2.72 bits per heavy atom. The molecule has 0 aliphatic carbocycles. The van der Waals surface area contributed by atoms with E-state index in [1.165, 1.54) is 0 Å². The van der Waals surface area contributed by atoms with Gasteiger partial charge in [0.2, 0.25) is 0 Å². The van der Waals surface area contributed by atoms with E-state index in [-0.39, 0.29) is 6.04 Å². The average molecular weight is 357 g/mol. The van der Waals surface area contributed by atoms with Crippen molar-refractivity contribution in [3.63, 3.8) is 0 Å². The van der Waals surface area contributed by atoms with Gasteiger partial charge in [-0.05, 0) is 30.7 Å². The van der Waals surface area contributed by atoms with Crippen molar-refractivity contribution in [1.29, 1.82) is 0 Å². The Morgan fingerprint density at radius 1 is 1.28 bits per heavy atom. The number of hydrogen-bond acceptors (Lipinski definition) is 4. The summed E-state index contributed by atoms with van der Waals surface area (Å²) in [4.78, 5) is 0. The van der Waals surface area contributed by atoms with E-state index in [0.717, 1.165) is 46.2 Å². The van der Waals surface area contributed by atoms with Gasteiger partial charge in [0.1, 0.15) is 0 Å². The first-order valence-corrected chi connectivity index (χ1v) is 8.92. The lowest BCUT2D eigenvalue weighted by Gasteiger charge is -2.45. The fraction of sp³-hybridized carbons (Fsp3) is 0.350. The summed E-state index contributed by atoms with van der Waals surface area (Å²) >= 11 is 6.02. The van der Waals surface area contributed by atoms with Crippen LogP contribution in [0.2, 0.25) is 5.02 Å². The largest absolute Gasteiger partial charge is 0.493 e. The smallest absolute Gasteiger partial charge is 0.195 e. The third-order valence-electron chi connectivity index (χ3n) is 5.14. The highest BCUT2D eigenvalue weighted by Gasteiger charge is 2.47. The molecule has 2 atom stereocenters. The number of hydrogen-bond donors (Lipinski definition) is 0. The summed E-state index contributed by atoms with van der Waals surface area (Å²) in [5.74, 6) is 1.61. The maximum absolute atomic E-state index is 6.38. The summed E-state index contributed by atoms with van der Waals surface area (Å²) in [5, 5.41) is 7.77. The third-order valence-corrected chi connectivity index (χ3v) is 5.39. The van der Waals surface area contributed by atoms with Crippen LogP contribution in [0.25, 0.3) is 0 Å². The Kier molecular flexibility index (Phi) is 3.88. The zero-order valence-corrected chi connectivity index (χ0v) is 15.4. The van der Waals surface area contributed by atoms with Crippen molar-refractivity contribution < 1.29 is 9.47 Å². The molecule has 0 unspecified atom stereocenters. The van der Waals surface area contributed by atoms with Crippen LogP contribution in [-0.2, 0) is 0 Å². The number of nitrogens with zero attached hydrogens (tertiary/aromatic N) is 2. The molecule has 0 saturated carbocycles. The van der Waals surface area contributed by atoms with Gasteiger partial charge in [0.05, 0.1) is 18.9 Å². The van der Waals surface area contributed by atoms with Crippen LogP contribution in [0.15, 0.2) is 47.6 Å². The maximum atomic E-state index is 6.38. The number of fused-ring (bicyclic) bond motifs is 3. The Balaban J connectivity index is 1.79. The van der Waals surface area contributed by atoms with Gasteiger partial charge in [-0.15, -0.1) is 0 Å². The average Bonchev–Trinajstić information content (AvgIpc) is 3.09. The van der Waals surface area contributed by atoms with E-state index in [4.69, 9.17) is 26.2 Å². The molecular weight excluding hydrogens is 336 g/mol. The van der Waals surface area contributed by atoms with Crippen LogP contribution in [0.1, 0.15) is 43.9 Å². The molecule has 5 heteroatoms. The van der Waals surface area contributed by atoms with E-state index < -0.39 is 5.72 Å². The number of methoxy groups -OCH3 is 1. The van der Waals surface area contributed by atoms with E-state index >= 15 is 0 Å². The molecule has 2 heterocycles. The minimum Gasteiger partial charge on any atom is -0.493 e. The number of halogens is 1. The molecule has 4 rings (SSSR count). The van der Waals surface area contributed by atoms with Crippen LogP contribution in [0.3, 0.4) is 0 Å². The van der Waals surface area contributed by atoms with Crippen LogP contribution in [-0.4, -0.2) is 23.6 Å². The molecular formula is C20H21ClN2O2. The highest BCUT2D eigenvalue weighted by Crippen LogP contribution is 2.50. The molecule has 0 spiro atoms. The minimum absolute atomic E-state index is 0.148. The monoisotopic (exact) mass is 356 g/mol. The molecule has 25 heavy (non-hydrogen) atoms. The number of hydrazone groups is 1. The van der Waals surface area contributed by atoms with Crippen molar-refractivity contribution in [2.24, 2.45) is 5.10 Å². The molecule has 0 N–H and O–H groups in total.